The summed E-state index contributed by atoms with van der Waals surface area (Å²) in [7, 11) is 0. The van der Waals surface area contributed by atoms with E-state index in [1.165, 1.54) is 28.2 Å². The van der Waals surface area contributed by atoms with Crippen molar-refractivity contribution in [2.24, 2.45) is 0 Å². The molecule has 9 nitrogen and oxygen atoms in total. The molecule has 8 rings (SSSR count). The molecular weight excluding hydrogens is 505 g/mol. The minimum atomic E-state index is -0.319. The van der Waals surface area contributed by atoms with Crippen LogP contribution in [0.3, 0.4) is 0 Å². The lowest BCUT2D eigenvalue weighted by molar-refractivity contribution is 0.541. The Labute approximate surface area is 231 Å². The monoisotopic (exact) mass is 537 g/mol. The van der Waals surface area contributed by atoms with Crippen molar-refractivity contribution in [3.05, 3.63) is 71.1 Å². The summed E-state index contributed by atoms with van der Waals surface area (Å²) >= 11 is 0. The molecule has 1 aromatic carbocycles. The van der Waals surface area contributed by atoms with Gasteiger partial charge in [0.15, 0.2) is 11.5 Å². The number of halogens is 1. The number of nitrogens with one attached hydrogen (secondary N) is 4. The average molecular weight is 538 g/mol. The minimum absolute atomic E-state index is 0.0368. The van der Waals surface area contributed by atoms with Gasteiger partial charge in [-0.25, -0.2) is 9.37 Å². The molecule has 0 radical (unpaired) electrons. The number of H-pyrrole nitrogens is 1. The summed E-state index contributed by atoms with van der Waals surface area (Å²) in [6.07, 6.45) is 10.5. The van der Waals surface area contributed by atoms with Gasteiger partial charge in [0.2, 0.25) is 5.95 Å². The van der Waals surface area contributed by atoms with Crippen molar-refractivity contribution < 1.29 is 4.39 Å². The maximum Gasteiger partial charge on any atom is 0.228 e. The van der Waals surface area contributed by atoms with Crippen LogP contribution >= 0.6 is 0 Å². The third kappa shape index (κ3) is 4.05. The van der Waals surface area contributed by atoms with Crippen LogP contribution in [0.1, 0.15) is 66.7 Å². The number of aromatic nitrogens is 6. The molecule has 4 N–H and O–H groups in total. The van der Waals surface area contributed by atoms with Gasteiger partial charge in [-0.05, 0) is 75.7 Å². The number of hydrogen-bond donors (Lipinski definition) is 4. The molecule has 3 atom stereocenters. The van der Waals surface area contributed by atoms with E-state index in [-0.39, 0.29) is 23.9 Å². The van der Waals surface area contributed by atoms with Crippen molar-refractivity contribution in [2.45, 2.75) is 63.1 Å². The number of benzene rings is 1. The zero-order chi connectivity index (χ0) is 26.6. The van der Waals surface area contributed by atoms with Gasteiger partial charge in [-0.1, -0.05) is 18.2 Å². The van der Waals surface area contributed by atoms with Crippen molar-refractivity contribution in [1.29, 1.82) is 0 Å². The highest BCUT2D eigenvalue weighted by molar-refractivity contribution is 5.85. The number of nitrogens with zero attached hydrogens (tertiary/aromatic N) is 5. The van der Waals surface area contributed by atoms with Crippen LogP contribution in [-0.4, -0.2) is 48.7 Å². The van der Waals surface area contributed by atoms with E-state index in [0.717, 1.165) is 69.2 Å². The molecule has 1 unspecified atom stereocenters. The molecular formula is C30H32FN9. The number of anilines is 1. The number of hydrogen-bond acceptors (Lipinski definition) is 7. The zero-order valence-corrected chi connectivity index (χ0v) is 22.3. The molecule has 40 heavy (non-hydrogen) atoms. The van der Waals surface area contributed by atoms with E-state index in [4.69, 9.17) is 15.1 Å². The first-order chi connectivity index (χ1) is 19.7. The van der Waals surface area contributed by atoms with E-state index in [9.17, 15) is 0 Å². The molecule has 0 amide bonds. The van der Waals surface area contributed by atoms with E-state index >= 15 is 4.39 Å². The van der Waals surface area contributed by atoms with Crippen LogP contribution in [0.25, 0.3) is 27.9 Å². The maximum absolute atomic E-state index is 15.3. The first kappa shape index (κ1) is 24.0. The van der Waals surface area contributed by atoms with Crippen LogP contribution in [-0.2, 0) is 12.8 Å². The first-order valence-corrected chi connectivity index (χ1v) is 14.4. The van der Waals surface area contributed by atoms with Gasteiger partial charge in [0.05, 0.1) is 17.9 Å². The molecule has 0 bridgehead atoms. The van der Waals surface area contributed by atoms with Gasteiger partial charge in [0.1, 0.15) is 5.82 Å². The van der Waals surface area contributed by atoms with Gasteiger partial charge in [-0.3, -0.25) is 4.98 Å². The van der Waals surface area contributed by atoms with Crippen LogP contribution in [0.5, 0.6) is 0 Å². The van der Waals surface area contributed by atoms with Crippen molar-refractivity contribution in [3.8, 4) is 11.4 Å². The van der Waals surface area contributed by atoms with Crippen LogP contribution in [0.4, 0.5) is 10.3 Å². The molecule has 3 aliphatic rings. The van der Waals surface area contributed by atoms with Crippen LogP contribution in [0.15, 0.2) is 42.7 Å². The second kappa shape index (κ2) is 9.64. The SMILES string of the molecule is Fc1cc(-c2nc(NC3CCc4[nH]c5ccccc5c4C3)n3ncc([C@H]4CCCN4)c3n2)cnc1[C@@H]1CCCN1. The molecule has 4 aromatic heterocycles. The zero-order valence-electron chi connectivity index (χ0n) is 22.3. The number of para-hydroxylation sites is 1. The number of aryl methyl sites for hydroxylation is 1. The largest absolute Gasteiger partial charge is 0.358 e. The fraction of sp³-hybridized carbons (Fsp3) is 0.400. The fourth-order valence-electron chi connectivity index (χ4n) is 6.73. The van der Waals surface area contributed by atoms with Crippen molar-refractivity contribution in [2.75, 3.05) is 18.4 Å². The molecule has 5 aromatic rings. The standard InChI is InChI=1S/C30H32FN9/c31-22-13-17(15-34-27(22)26-8-4-12-33-26)28-38-29-21(23-7-3-11-32-23)16-35-40(29)30(39-28)36-18-9-10-25-20(14-18)19-5-1-2-6-24(19)37-25/h1-2,5-6,13,15-16,18,23,26,32-33,37H,3-4,7-12,14H2,(H,36,38,39)/t18?,23-,26+/m1/s1. The number of pyridine rings is 1. The second-order valence-corrected chi connectivity index (χ2v) is 11.3. The van der Waals surface area contributed by atoms with E-state index in [1.807, 2.05) is 10.7 Å². The van der Waals surface area contributed by atoms with E-state index in [0.29, 0.717) is 23.0 Å². The van der Waals surface area contributed by atoms with Gasteiger partial charge in [0.25, 0.3) is 0 Å². The first-order valence-electron chi connectivity index (χ1n) is 14.4. The van der Waals surface area contributed by atoms with Crippen molar-refractivity contribution in [3.63, 3.8) is 0 Å². The fourth-order valence-corrected chi connectivity index (χ4v) is 6.73. The predicted molar refractivity (Wildman–Crippen MR) is 152 cm³/mol. The minimum Gasteiger partial charge on any atom is -0.358 e. The normalized spacial score (nSPS) is 22.8. The Morgan fingerprint density at radius 1 is 0.975 bits per heavy atom. The Hall–Kier alpha value is -3.89. The maximum atomic E-state index is 15.3. The number of rotatable bonds is 5. The van der Waals surface area contributed by atoms with E-state index < -0.39 is 0 Å². The van der Waals surface area contributed by atoms with Crippen LogP contribution in [0, 0.1) is 5.82 Å². The second-order valence-electron chi connectivity index (χ2n) is 11.3. The summed E-state index contributed by atoms with van der Waals surface area (Å²) in [6.45, 7) is 1.87. The third-order valence-corrected chi connectivity index (χ3v) is 8.78. The van der Waals surface area contributed by atoms with Crippen LogP contribution in [0.2, 0.25) is 0 Å². The molecule has 204 valence electrons. The van der Waals surface area contributed by atoms with E-state index in [1.54, 1.807) is 6.20 Å². The lowest BCUT2D eigenvalue weighted by Crippen LogP contribution is -2.29. The summed E-state index contributed by atoms with van der Waals surface area (Å²) in [6, 6.07) is 10.4. The number of aromatic amines is 1. The molecule has 10 heteroatoms. The Kier molecular flexibility index (Phi) is 5.77. The molecule has 0 spiro atoms. The molecule has 1 aliphatic carbocycles. The summed E-state index contributed by atoms with van der Waals surface area (Å²) in [5, 5.41) is 16.6. The van der Waals surface area contributed by atoms with Gasteiger partial charge in [0, 0.05) is 46.0 Å². The highest BCUT2D eigenvalue weighted by Crippen LogP contribution is 2.33. The molecule has 6 heterocycles. The topological polar surface area (TPSA) is 108 Å². The number of fused-ring (bicyclic) bond motifs is 4. The van der Waals surface area contributed by atoms with Crippen molar-refractivity contribution >= 4 is 22.5 Å². The summed E-state index contributed by atoms with van der Waals surface area (Å²) in [4.78, 5) is 18.0. The predicted octanol–water partition coefficient (Wildman–Crippen LogP) is 4.63. The summed E-state index contributed by atoms with van der Waals surface area (Å²) in [5.74, 6) is 0.760. The average Bonchev–Trinajstić information content (AvgIpc) is 3.79. The van der Waals surface area contributed by atoms with Crippen LogP contribution < -0.4 is 16.0 Å². The van der Waals surface area contributed by atoms with Gasteiger partial charge >= 0.3 is 0 Å². The lowest BCUT2D eigenvalue weighted by atomic mass is 9.91. The smallest absolute Gasteiger partial charge is 0.228 e. The highest BCUT2D eigenvalue weighted by atomic mass is 19.1. The van der Waals surface area contributed by atoms with E-state index in [2.05, 4.69) is 50.2 Å². The molecule has 0 saturated carbocycles. The van der Waals surface area contributed by atoms with Gasteiger partial charge in [-0.2, -0.15) is 14.6 Å². The van der Waals surface area contributed by atoms with Crippen molar-refractivity contribution in [1.82, 2.24) is 40.2 Å². The van der Waals surface area contributed by atoms with Gasteiger partial charge < -0.3 is 20.9 Å². The summed E-state index contributed by atoms with van der Waals surface area (Å²) < 4.78 is 17.1. The molecule has 2 saturated heterocycles. The molecule has 2 fully saturated rings. The third-order valence-electron chi connectivity index (χ3n) is 8.78. The Morgan fingerprint density at radius 3 is 2.65 bits per heavy atom. The molecule has 2 aliphatic heterocycles. The summed E-state index contributed by atoms with van der Waals surface area (Å²) in [5.41, 5.74) is 6.70. The Balaban J connectivity index is 1.18. The highest BCUT2D eigenvalue weighted by Gasteiger charge is 2.27. The Morgan fingerprint density at radius 2 is 1.82 bits per heavy atom. The Bertz CT molecular complexity index is 1710. The van der Waals surface area contributed by atoms with Gasteiger partial charge in [-0.15, -0.1) is 0 Å². The quantitative estimate of drug-likeness (QED) is 0.259. The lowest BCUT2D eigenvalue weighted by Gasteiger charge is -2.24.